The van der Waals surface area contributed by atoms with Crippen molar-refractivity contribution in [1.82, 2.24) is 14.9 Å². The van der Waals surface area contributed by atoms with E-state index in [1.165, 1.54) is 5.56 Å². The number of aromatic amines is 1. The number of hydrogen-bond acceptors (Lipinski definition) is 4. The number of nitrogens with zero attached hydrogens (tertiary/aromatic N) is 2. The van der Waals surface area contributed by atoms with Crippen molar-refractivity contribution in [3.63, 3.8) is 0 Å². The SMILES string of the molecule is NC(=O)c1c(-c2ccc(CN3CCOCC3)cc2)cnc2[nH]c[c]c12. The molecule has 25 heavy (non-hydrogen) atoms. The van der Waals surface area contributed by atoms with Crippen LogP contribution in [-0.2, 0) is 11.3 Å². The molecule has 3 N–H and O–H groups in total. The number of nitrogens with two attached hydrogens (primary N) is 1. The third kappa shape index (κ3) is 3.14. The molecule has 4 rings (SSSR count). The smallest absolute Gasteiger partial charge is 0.250 e. The van der Waals surface area contributed by atoms with E-state index in [4.69, 9.17) is 10.5 Å². The number of primary amides is 1. The number of hydrogen-bond donors (Lipinski definition) is 2. The number of carbonyl (C=O) groups is 1. The van der Waals surface area contributed by atoms with E-state index in [0.29, 0.717) is 16.6 Å². The average molecular weight is 335 g/mol. The summed E-state index contributed by atoms with van der Waals surface area (Å²) in [6, 6.07) is 11.2. The standard InChI is InChI=1S/C19H19N4O2/c20-18(24)17-15-5-6-21-19(15)22-11-16(17)14-3-1-13(2-4-14)12-23-7-9-25-10-8-23/h1-4,6,11H,7-10,12H2,(H2,20,24)(H,21,22). The summed E-state index contributed by atoms with van der Waals surface area (Å²) >= 11 is 0. The highest BCUT2D eigenvalue weighted by Gasteiger charge is 2.16. The molecule has 1 aliphatic rings. The van der Waals surface area contributed by atoms with Gasteiger partial charge in [-0.2, -0.15) is 0 Å². The number of nitrogens with one attached hydrogen (secondary N) is 1. The second-order valence-electron chi connectivity index (χ2n) is 6.15. The van der Waals surface area contributed by atoms with Crippen molar-refractivity contribution in [1.29, 1.82) is 0 Å². The molecule has 6 heteroatoms. The Morgan fingerprint density at radius 1 is 1.28 bits per heavy atom. The summed E-state index contributed by atoms with van der Waals surface area (Å²) in [6.45, 7) is 4.39. The maximum absolute atomic E-state index is 12.0. The third-order valence-corrected chi connectivity index (χ3v) is 4.53. The molecule has 0 spiro atoms. The van der Waals surface area contributed by atoms with Gasteiger partial charge in [-0.15, -0.1) is 0 Å². The summed E-state index contributed by atoms with van der Waals surface area (Å²) in [5.74, 6) is -0.476. The molecule has 0 aliphatic carbocycles. The monoisotopic (exact) mass is 335 g/mol. The van der Waals surface area contributed by atoms with Crippen molar-refractivity contribution in [2.24, 2.45) is 5.73 Å². The second kappa shape index (κ2) is 6.66. The van der Waals surface area contributed by atoms with Crippen LogP contribution >= 0.6 is 0 Å². The molecule has 3 aromatic rings. The van der Waals surface area contributed by atoms with E-state index < -0.39 is 5.91 Å². The highest BCUT2D eigenvalue weighted by atomic mass is 16.5. The van der Waals surface area contributed by atoms with Crippen LogP contribution in [-0.4, -0.2) is 47.1 Å². The lowest BCUT2D eigenvalue weighted by Gasteiger charge is -2.26. The lowest BCUT2D eigenvalue weighted by molar-refractivity contribution is 0.0342. The summed E-state index contributed by atoms with van der Waals surface area (Å²) in [6.07, 6.45) is 3.32. The average Bonchev–Trinajstić information content (AvgIpc) is 3.11. The summed E-state index contributed by atoms with van der Waals surface area (Å²) < 4.78 is 5.38. The zero-order valence-electron chi connectivity index (χ0n) is 13.8. The van der Waals surface area contributed by atoms with Gasteiger partial charge in [0.1, 0.15) is 5.65 Å². The molecule has 0 unspecified atom stereocenters. The minimum Gasteiger partial charge on any atom is -0.379 e. The van der Waals surface area contributed by atoms with Crippen molar-refractivity contribution in [3.8, 4) is 11.1 Å². The molecule has 1 aliphatic heterocycles. The first kappa shape index (κ1) is 15.8. The number of benzene rings is 1. The predicted octanol–water partition coefficient (Wildman–Crippen LogP) is 1.96. The molecule has 1 amide bonds. The molecule has 2 aromatic heterocycles. The van der Waals surface area contributed by atoms with Gasteiger partial charge >= 0.3 is 0 Å². The lowest BCUT2D eigenvalue weighted by Crippen LogP contribution is -2.35. The number of H-pyrrole nitrogens is 1. The van der Waals surface area contributed by atoms with Crippen molar-refractivity contribution in [3.05, 3.63) is 53.9 Å². The third-order valence-electron chi connectivity index (χ3n) is 4.53. The van der Waals surface area contributed by atoms with Crippen LogP contribution in [0.4, 0.5) is 0 Å². The molecule has 0 bridgehead atoms. The van der Waals surface area contributed by atoms with Gasteiger partial charge in [-0.1, -0.05) is 24.3 Å². The molecule has 1 saturated heterocycles. The van der Waals surface area contributed by atoms with Gasteiger partial charge in [0.2, 0.25) is 5.91 Å². The zero-order chi connectivity index (χ0) is 17.2. The van der Waals surface area contributed by atoms with Gasteiger partial charge < -0.3 is 15.5 Å². The van der Waals surface area contributed by atoms with Crippen LogP contribution in [0, 0.1) is 6.07 Å². The molecular formula is C19H19N4O2. The van der Waals surface area contributed by atoms with Gasteiger partial charge in [0.15, 0.2) is 0 Å². The Morgan fingerprint density at radius 2 is 2.04 bits per heavy atom. The van der Waals surface area contributed by atoms with Crippen LogP contribution in [0.1, 0.15) is 15.9 Å². The Hall–Kier alpha value is -2.70. The van der Waals surface area contributed by atoms with E-state index in [1.807, 2.05) is 12.1 Å². The van der Waals surface area contributed by atoms with Gasteiger partial charge in [0.25, 0.3) is 0 Å². The van der Waals surface area contributed by atoms with E-state index in [1.54, 1.807) is 12.4 Å². The number of morpholine rings is 1. The van der Waals surface area contributed by atoms with Crippen LogP contribution in [0.5, 0.6) is 0 Å². The number of fused-ring (bicyclic) bond motifs is 1. The molecule has 0 saturated carbocycles. The minimum absolute atomic E-state index is 0.451. The fourth-order valence-electron chi connectivity index (χ4n) is 3.22. The van der Waals surface area contributed by atoms with Crippen LogP contribution in [0.15, 0.2) is 36.7 Å². The maximum Gasteiger partial charge on any atom is 0.250 e. The van der Waals surface area contributed by atoms with Crippen molar-refractivity contribution in [2.45, 2.75) is 6.54 Å². The van der Waals surface area contributed by atoms with E-state index in [2.05, 4.69) is 33.1 Å². The number of pyridine rings is 1. The van der Waals surface area contributed by atoms with Gasteiger partial charge in [-0.05, 0) is 11.1 Å². The first-order chi connectivity index (χ1) is 12.2. The first-order valence-electron chi connectivity index (χ1n) is 8.29. The number of amides is 1. The largest absolute Gasteiger partial charge is 0.379 e. The van der Waals surface area contributed by atoms with Crippen LogP contribution < -0.4 is 5.73 Å². The fraction of sp³-hybridized carbons (Fsp3) is 0.263. The summed E-state index contributed by atoms with van der Waals surface area (Å²) in [7, 11) is 0. The van der Waals surface area contributed by atoms with Crippen LogP contribution in [0.25, 0.3) is 22.2 Å². The fourth-order valence-corrected chi connectivity index (χ4v) is 3.22. The molecular weight excluding hydrogens is 316 g/mol. The lowest BCUT2D eigenvalue weighted by atomic mass is 9.98. The topological polar surface area (TPSA) is 84.2 Å². The first-order valence-corrected chi connectivity index (χ1v) is 8.29. The second-order valence-corrected chi connectivity index (χ2v) is 6.15. The number of carbonyl (C=O) groups excluding carboxylic acids is 1. The van der Waals surface area contributed by atoms with Crippen LogP contribution in [0.3, 0.4) is 0 Å². The molecule has 1 aromatic carbocycles. The number of rotatable bonds is 4. The Kier molecular flexibility index (Phi) is 4.21. The molecule has 127 valence electrons. The van der Waals surface area contributed by atoms with Crippen molar-refractivity contribution >= 4 is 16.9 Å². The van der Waals surface area contributed by atoms with E-state index in [-0.39, 0.29) is 0 Å². The highest BCUT2D eigenvalue weighted by Crippen LogP contribution is 2.28. The number of aromatic nitrogens is 2. The Labute approximate surface area is 145 Å². The Balaban J connectivity index is 1.64. The zero-order valence-corrected chi connectivity index (χ0v) is 13.8. The van der Waals surface area contributed by atoms with Gasteiger partial charge in [0, 0.05) is 49.0 Å². The van der Waals surface area contributed by atoms with E-state index in [9.17, 15) is 4.79 Å². The molecule has 3 heterocycles. The molecule has 1 fully saturated rings. The van der Waals surface area contributed by atoms with E-state index in [0.717, 1.165) is 44.0 Å². The normalized spacial score (nSPS) is 15.5. The highest BCUT2D eigenvalue weighted by molar-refractivity contribution is 6.10. The maximum atomic E-state index is 12.0. The van der Waals surface area contributed by atoms with E-state index >= 15 is 0 Å². The molecule has 0 atom stereocenters. The van der Waals surface area contributed by atoms with Gasteiger partial charge in [-0.25, -0.2) is 4.98 Å². The quantitative estimate of drug-likeness (QED) is 0.763. The Bertz CT molecular complexity index is 895. The number of ether oxygens (including phenoxy) is 1. The molecule has 6 nitrogen and oxygen atoms in total. The summed E-state index contributed by atoms with van der Waals surface area (Å²) in [5, 5.41) is 0.627. The van der Waals surface area contributed by atoms with Crippen molar-refractivity contribution in [2.75, 3.05) is 26.3 Å². The summed E-state index contributed by atoms with van der Waals surface area (Å²) in [4.78, 5) is 21.7. The van der Waals surface area contributed by atoms with Gasteiger partial charge in [-0.3, -0.25) is 9.69 Å². The van der Waals surface area contributed by atoms with Crippen molar-refractivity contribution < 1.29 is 9.53 Å². The summed E-state index contributed by atoms with van der Waals surface area (Å²) in [5.41, 5.74) is 9.56. The van der Waals surface area contributed by atoms with Gasteiger partial charge in [0.05, 0.1) is 18.8 Å². The van der Waals surface area contributed by atoms with Crippen LogP contribution in [0.2, 0.25) is 0 Å². The Morgan fingerprint density at radius 3 is 2.76 bits per heavy atom. The predicted molar refractivity (Wildman–Crippen MR) is 95.0 cm³/mol. The minimum atomic E-state index is -0.476. The molecule has 1 radical (unpaired) electrons.